The van der Waals surface area contributed by atoms with Crippen molar-refractivity contribution in [3.8, 4) is 0 Å². The Balaban J connectivity index is 2.01. The number of aromatic nitrogens is 1. The first-order chi connectivity index (χ1) is 13.9. The SMILES string of the molecule is CNC(=O)c1c(NC(C)C(C)N)cn(CC2CCN(C)C2)c1Nc1ccccc1. The van der Waals surface area contributed by atoms with Crippen LogP contribution in [0.15, 0.2) is 36.5 Å². The van der Waals surface area contributed by atoms with Gasteiger partial charge in [-0.1, -0.05) is 18.2 Å². The molecule has 3 rings (SSSR count). The summed E-state index contributed by atoms with van der Waals surface area (Å²) in [7, 11) is 3.82. The fourth-order valence-corrected chi connectivity index (χ4v) is 3.79. The van der Waals surface area contributed by atoms with Crippen LogP contribution < -0.4 is 21.7 Å². The van der Waals surface area contributed by atoms with Crippen molar-refractivity contribution >= 4 is 23.1 Å². The molecular formula is C22H34N6O. The van der Waals surface area contributed by atoms with Gasteiger partial charge < -0.3 is 31.2 Å². The van der Waals surface area contributed by atoms with Crippen LogP contribution >= 0.6 is 0 Å². The highest BCUT2D eigenvalue weighted by atomic mass is 16.1. The molecular weight excluding hydrogens is 364 g/mol. The second kappa shape index (κ2) is 9.33. The molecule has 1 fully saturated rings. The molecule has 1 aromatic carbocycles. The number of likely N-dealkylation sites (tertiary alicyclic amines) is 1. The quantitative estimate of drug-likeness (QED) is 0.549. The fourth-order valence-electron chi connectivity index (χ4n) is 3.79. The highest BCUT2D eigenvalue weighted by molar-refractivity contribution is 6.05. The first-order valence-electron chi connectivity index (χ1n) is 10.4. The molecule has 1 amide bonds. The van der Waals surface area contributed by atoms with Crippen LogP contribution in [-0.4, -0.2) is 54.6 Å². The maximum atomic E-state index is 12.9. The second-order valence-electron chi connectivity index (χ2n) is 8.20. The van der Waals surface area contributed by atoms with Gasteiger partial charge in [-0.05, 0) is 51.9 Å². The van der Waals surface area contributed by atoms with Crippen molar-refractivity contribution in [3.63, 3.8) is 0 Å². The van der Waals surface area contributed by atoms with Crippen molar-refractivity contribution in [2.75, 3.05) is 37.8 Å². The van der Waals surface area contributed by atoms with Crippen molar-refractivity contribution in [1.82, 2.24) is 14.8 Å². The van der Waals surface area contributed by atoms with Crippen LogP contribution in [0.3, 0.4) is 0 Å². The summed E-state index contributed by atoms with van der Waals surface area (Å²) in [4.78, 5) is 15.2. The van der Waals surface area contributed by atoms with E-state index in [9.17, 15) is 4.79 Å². The van der Waals surface area contributed by atoms with E-state index in [-0.39, 0.29) is 18.0 Å². The van der Waals surface area contributed by atoms with Gasteiger partial charge in [-0.15, -0.1) is 0 Å². The van der Waals surface area contributed by atoms with E-state index in [1.807, 2.05) is 50.4 Å². The molecule has 158 valence electrons. The third kappa shape index (κ3) is 5.10. The van der Waals surface area contributed by atoms with Crippen LogP contribution in [0.25, 0.3) is 0 Å². The van der Waals surface area contributed by atoms with Crippen molar-refractivity contribution in [3.05, 3.63) is 42.1 Å². The van der Waals surface area contributed by atoms with Gasteiger partial charge >= 0.3 is 0 Å². The van der Waals surface area contributed by atoms with E-state index >= 15 is 0 Å². The molecule has 7 heteroatoms. The van der Waals surface area contributed by atoms with E-state index in [1.165, 1.54) is 0 Å². The number of hydrogen-bond acceptors (Lipinski definition) is 5. The molecule has 0 bridgehead atoms. The number of nitrogens with zero attached hydrogens (tertiary/aromatic N) is 2. The smallest absolute Gasteiger partial charge is 0.256 e. The van der Waals surface area contributed by atoms with Crippen molar-refractivity contribution in [2.24, 2.45) is 11.7 Å². The third-order valence-corrected chi connectivity index (χ3v) is 5.68. The van der Waals surface area contributed by atoms with Gasteiger partial charge in [-0.3, -0.25) is 4.79 Å². The molecule has 0 saturated carbocycles. The number of para-hydroxylation sites is 1. The minimum absolute atomic E-state index is 0.0371. The summed E-state index contributed by atoms with van der Waals surface area (Å²) in [5.74, 6) is 1.24. The number of amides is 1. The van der Waals surface area contributed by atoms with E-state index in [0.29, 0.717) is 11.5 Å². The van der Waals surface area contributed by atoms with Crippen LogP contribution in [-0.2, 0) is 6.54 Å². The predicted molar refractivity (Wildman–Crippen MR) is 120 cm³/mol. The van der Waals surface area contributed by atoms with Crippen LogP contribution in [0.2, 0.25) is 0 Å². The Morgan fingerprint density at radius 3 is 2.59 bits per heavy atom. The third-order valence-electron chi connectivity index (χ3n) is 5.68. The molecule has 3 atom stereocenters. The Bertz CT molecular complexity index is 816. The maximum absolute atomic E-state index is 12.9. The molecule has 0 spiro atoms. The highest BCUT2D eigenvalue weighted by Crippen LogP contribution is 2.32. The Morgan fingerprint density at radius 2 is 2.00 bits per heavy atom. The maximum Gasteiger partial charge on any atom is 0.256 e. The van der Waals surface area contributed by atoms with E-state index in [1.54, 1.807) is 7.05 Å². The van der Waals surface area contributed by atoms with Gasteiger partial charge in [0.2, 0.25) is 0 Å². The molecule has 29 heavy (non-hydrogen) atoms. The van der Waals surface area contributed by atoms with Crippen LogP contribution in [0.5, 0.6) is 0 Å². The average molecular weight is 399 g/mol. The zero-order valence-electron chi connectivity index (χ0n) is 17.9. The summed E-state index contributed by atoms with van der Waals surface area (Å²) < 4.78 is 2.18. The Hall–Kier alpha value is -2.51. The lowest BCUT2D eigenvalue weighted by molar-refractivity contribution is 0.0964. The largest absolute Gasteiger partial charge is 0.379 e. The standard InChI is InChI=1S/C22H34N6O/c1-15(23)16(2)25-19-14-28(13-17-10-11-27(4)12-17)21(20(19)22(29)24-3)26-18-8-6-5-7-9-18/h5-9,14-17,25-26H,10-13,23H2,1-4H3,(H,24,29). The highest BCUT2D eigenvalue weighted by Gasteiger charge is 2.26. The molecule has 5 N–H and O–H groups in total. The fraction of sp³-hybridized carbons (Fsp3) is 0.500. The molecule has 0 aliphatic carbocycles. The predicted octanol–water partition coefficient (Wildman–Crippen LogP) is 2.69. The lowest BCUT2D eigenvalue weighted by atomic mass is 10.1. The van der Waals surface area contributed by atoms with Gasteiger partial charge in [0.15, 0.2) is 0 Å². The van der Waals surface area contributed by atoms with Gasteiger partial charge in [-0.25, -0.2) is 0 Å². The second-order valence-corrected chi connectivity index (χ2v) is 8.20. The molecule has 7 nitrogen and oxygen atoms in total. The van der Waals surface area contributed by atoms with Crippen LogP contribution in [0.1, 0.15) is 30.6 Å². The number of carbonyl (C=O) groups excluding carboxylic acids is 1. The van der Waals surface area contributed by atoms with Gasteiger partial charge in [0, 0.05) is 44.1 Å². The zero-order valence-corrected chi connectivity index (χ0v) is 17.9. The normalized spacial score (nSPS) is 19.0. The number of benzene rings is 1. The van der Waals surface area contributed by atoms with E-state index in [4.69, 9.17) is 5.73 Å². The molecule has 2 heterocycles. The van der Waals surface area contributed by atoms with Crippen molar-refractivity contribution in [2.45, 2.75) is 38.9 Å². The van der Waals surface area contributed by atoms with E-state index < -0.39 is 0 Å². The van der Waals surface area contributed by atoms with Crippen molar-refractivity contribution in [1.29, 1.82) is 0 Å². The lowest BCUT2D eigenvalue weighted by Crippen LogP contribution is -2.35. The topological polar surface area (TPSA) is 87.4 Å². The Morgan fingerprint density at radius 1 is 1.28 bits per heavy atom. The first kappa shape index (κ1) is 21.2. The lowest BCUT2D eigenvalue weighted by Gasteiger charge is -2.19. The summed E-state index contributed by atoms with van der Waals surface area (Å²) in [5.41, 5.74) is 8.44. The Labute approximate surface area is 173 Å². The number of nitrogens with two attached hydrogens (primary N) is 1. The number of anilines is 3. The van der Waals surface area contributed by atoms with Crippen LogP contribution in [0.4, 0.5) is 17.2 Å². The summed E-state index contributed by atoms with van der Waals surface area (Å²) in [6.45, 7) is 7.04. The molecule has 1 aliphatic heterocycles. The molecule has 1 saturated heterocycles. The summed E-state index contributed by atoms with van der Waals surface area (Å²) >= 11 is 0. The monoisotopic (exact) mass is 398 g/mol. The molecule has 1 aromatic heterocycles. The van der Waals surface area contributed by atoms with E-state index in [2.05, 4.69) is 32.5 Å². The molecule has 2 aromatic rings. The number of carbonyl (C=O) groups is 1. The van der Waals surface area contributed by atoms with Gasteiger partial charge in [0.1, 0.15) is 11.4 Å². The van der Waals surface area contributed by atoms with Gasteiger partial charge in [-0.2, -0.15) is 0 Å². The minimum Gasteiger partial charge on any atom is -0.379 e. The van der Waals surface area contributed by atoms with Crippen LogP contribution in [0, 0.1) is 5.92 Å². The number of nitrogens with one attached hydrogen (secondary N) is 3. The zero-order chi connectivity index (χ0) is 21.0. The molecule has 0 radical (unpaired) electrons. The van der Waals surface area contributed by atoms with E-state index in [0.717, 1.165) is 43.2 Å². The average Bonchev–Trinajstić information content (AvgIpc) is 3.25. The number of hydrogen-bond donors (Lipinski definition) is 4. The summed E-state index contributed by atoms with van der Waals surface area (Å²) in [6.07, 6.45) is 3.21. The molecule has 1 aliphatic rings. The van der Waals surface area contributed by atoms with Crippen molar-refractivity contribution < 1.29 is 4.79 Å². The van der Waals surface area contributed by atoms with Gasteiger partial charge in [0.05, 0.1) is 5.69 Å². The number of rotatable bonds is 8. The summed E-state index contributed by atoms with van der Waals surface area (Å²) in [6, 6.07) is 9.96. The summed E-state index contributed by atoms with van der Waals surface area (Å²) in [5, 5.41) is 9.72. The minimum atomic E-state index is -0.120. The molecule has 3 unspecified atom stereocenters. The van der Waals surface area contributed by atoms with Gasteiger partial charge in [0.25, 0.3) is 5.91 Å². The Kier molecular flexibility index (Phi) is 6.82. The first-order valence-corrected chi connectivity index (χ1v) is 10.4.